The van der Waals surface area contributed by atoms with Gasteiger partial charge in [-0.05, 0) is 42.5 Å². The van der Waals surface area contributed by atoms with Crippen LogP contribution in [0.5, 0.6) is 11.5 Å². The topological polar surface area (TPSA) is 60.9 Å². The number of carbonyl (C=O) groups is 1. The minimum absolute atomic E-state index is 0.0898. The molecule has 0 radical (unpaired) electrons. The van der Waals surface area contributed by atoms with Gasteiger partial charge < -0.3 is 19.1 Å². The molecule has 1 saturated heterocycles. The molecular weight excluding hydrogens is 380 g/mol. The summed E-state index contributed by atoms with van der Waals surface area (Å²) in [5.41, 5.74) is 2.42. The summed E-state index contributed by atoms with van der Waals surface area (Å²) < 4.78 is 16.6. The molecule has 0 atom stereocenters. The number of allylic oxidation sites excluding steroid dienone is 1. The van der Waals surface area contributed by atoms with Crippen molar-refractivity contribution in [1.82, 2.24) is 4.98 Å². The summed E-state index contributed by atoms with van der Waals surface area (Å²) in [5.74, 6) is 2.08. The van der Waals surface area contributed by atoms with Crippen LogP contribution in [-0.2, 0) is 4.74 Å². The number of rotatable bonds is 4. The molecule has 1 aromatic heterocycles. The number of nitrogens with zero attached hydrogens (tertiary/aromatic N) is 2. The van der Waals surface area contributed by atoms with Crippen LogP contribution in [0.2, 0.25) is 0 Å². The van der Waals surface area contributed by atoms with Crippen LogP contribution in [0.4, 0.5) is 5.82 Å². The van der Waals surface area contributed by atoms with Crippen LogP contribution in [0.15, 0.2) is 54.6 Å². The lowest BCUT2D eigenvalue weighted by molar-refractivity contribution is 0.104. The highest BCUT2D eigenvalue weighted by molar-refractivity contribution is 6.07. The number of ketones is 1. The van der Waals surface area contributed by atoms with Gasteiger partial charge in [-0.25, -0.2) is 4.98 Å². The zero-order valence-electron chi connectivity index (χ0n) is 16.5. The lowest BCUT2D eigenvalue weighted by Gasteiger charge is -2.29. The minimum atomic E-state index is -0.0898. The summed E-state index contributed by atoms with van der Waals surface area (Å²) in [6.45, 7) is 3.93. The molecule has 6 nitrogen and oxygen atoms in total. The molecule has 5 rings (SSSR count). The van der Waals surface area contributed by atoms with Crippen molar-refractivity contribution in [3.63, 3.8) is 0 Å². The monoisotopic (exact) mass is 402 g/mol. The van der Waals surface area contributed by atoms with Gasteiger partial charge in [0.05, 0.1) is 18.7 Å². The molecule has 1 fully saturated rings. The lowest BCUT2D eigenvalue weighted by Crippen LogP contribution is -2.37. The Morgan fingerprint density at radius 3 is 2.60 bits per heavy atom. The number of hydrogen-bond acceptors (Lipinski definition) is 6. The van der Waals surface area contributed by atoms with E-state index < -0.39 is 0 Å². The molecule has 2 aliphatic heterocycles. The van der Waals surface area contributed by atoms with Gasteiger partial charge in [0.1, 0.15) is 19.0 Å². The Morgan fingerprint density at radius 2 is 1.73 bits per heavy atom. The highest BCUT2D eigenvalue weighted by Crippen LogP contribution is 2.31. The van der Waals surface area contributed by atoms with Gasteiger partial charge in [-0.15, -0.1) is 0 Å². The largest absolute Gasteiger partial charge is 0.486 e. The Bertz CT molecular complexity index is 1120. The van der Waals surface area contributed by atoms with E-state index in [1.165, 1.54) is 0 Å². The second-order valence-electron chi connectivity index (χ2n) is 7.25. The minimum Gasteiger partial charge on any atom is -0.486 e. The molecule has 3 aromatic rings. The predicted octanol–water partition coefficient (Wildman–Crippen LogP) is 3.74. The summed E-state index contributed by atoms with van der Waals surface area (Å²) >= 11 is 0. The molecule has 0 amide bonds. The molecular formula is C24H22N2O4. The molecule has 2 aromatic carbocycles. The van der Waals surface area contributed by atoms with Gasteiger partial charge in [0, 0.05) is 29.6 Å². The number of para-hydroxylation sites is 1. The third-order valence-electron chi connectivity index (χ3n) is 5.28. The van der Waals surface area contributed by atoms with E-state index in [1.807, 2.05) is 30.3 Å². The van der Waals surface area contributed by atoms with Crippen LogP contribution in [0.25, 0.3) is 17.0 Å². The van der Waals surface area contributed by atoms with E-state index >= 15 is 0 Å². The number of pyridine rings is 1. The van der Waals surface area contributed by atoms with Crippen molar-refractivity contribution in [3.8, 4) is 11.5 Å². The molecule has 6 heteroatoms. The fraction of sp³-hybridized carbons (Fsp3) is 0.250. The maximum Gasteiger partial charge on any atom is 0.185 e. The first kappa shape index (κ1) is 18.6. The standard InChI is InChI=1S/C24H22N2O4/c27-21(18-6-8-22-23(16-18)30-14-13-29-22)7-5-19-15-17-3-1-2-4-20(17)25-24(19)26-9-11-28-12-10-26/h1-8,15-16H,9-14H2/b7-5+. The molecule has 0 spiro atoms. The fourth-order valence-corrected chi connectivity index (χ4v) is 3.73. The number of morpholine rings is 1. The number of hydrogen-bond donors (Lipinski definition) is 0. The smallest absolute Gasteiger partial charge is 0.185 e. The normalized spacial score (nSPS) is 16.2. The molecule has 30 heavy (non-hydrogen) atoms. The van der Waals surface area contributed by atoms with Gasteiger partial charge in [0.2, 0.25) is 0 Å². The van der Waals surface area contributed by atoms with E-state index in [4.69, 9.17) is 19.2 Å². The van der Waals surface area contributed by atoms with Crippen molar-refractivity contribution >= 4 is 28.6 Å². The number of fused-ring (bicyclic) bond motifs is 2. The molecule has 0 N–H and O–H groups in total. The number of aromatic nitrogens is 1. The van der Waals surface area contributed by atoms with E-state index in [0.717, 1.165) is 35.4 Å². The van der Waals surface area contributed by atoms with Gasteiger partial charge in [0.15, 0.2) is 17.3 Å². The second kappa shape index (κ2) is 8.16. The Balaban J connectivity index is 1.47. The summed E-state index contributed by atoms with van der Waals surface area (Å²) in [4.78, 5) is 19.9. The molecule has 0 unspecified atom stereocenters. The first-order chi connectivity index (χ1) is 14.8. The van der Waals surface area contributed by atoms with Crippen molar-refractivity contribution in [3.05, 3.63) is 65.7 Å². The first-order valence-electron chi connectivity index (χ1n) is 10.1. The maximum atomic E-state index is 12.8. The van der Waals surface area contributed by atoms with Crippen LogP contribution in [0, 0.1) is 0 Å². The van der Waals surface area contributed by atoms with Crippen molar-refractivity contribution in [2.24, 2.45) is 0 Å². The molecule has 0 bridgehead atoms. The van der Waals surface area contributed by atoms with Crippen molar-refractivity contribution in [2.45, 2.75) is 0 Å². The molecule has 152 valence electrons. The van der Waals surface area contributed by atoms with Gasteiger partial charge in [-0.2, -0.15) is 0 Å². The van der Waals surface area contributed by atoms with Gasteiger partial charge >= 0.3 is 0 Å². The number of ether oxygens (including phenoxy) is 3. The quantitative estimate of drug-likeness (QED) is 0.489. The Hall–Kier alpha value is -3.38. The van der Waals surface area contributed by atoms with Crippen LogP contribution in [0.1, 0.15) is 15.9 Å². The molecule has 0 aliphatic carbocycles. The maximum absolute atomic E-state index is 12.8. The number of anilines is 1. The molecule has 2 aliphatic rings. The van der Waals surface area contributed by atoms with Crippen molar-refractivity contribution in [2.75, 3.05) is 44.4 Å². The average Bonchev–Trinajstić information content (AvgIpc) is 2.82. The SMILES string of the molecule is O=C(/C=C/c1cc2ccccc2nc1N1CCOCC1)c1ccc2c(c1)OCCO2. The fourth-order valence-electron chi connectivity index (χ4n) is 3.73. The number of carbonyl (C=O) groups excluding carboxylic acids is 1. The van der Waals surface area contributed by atoms with E-state index in [0.29, 0.717) is 43.5 Å². The van der Waals surface area contributed by atoms with Gasteiger partial charge in [-0.3, -0.25) is 4.79 Å². The first-order valence-corrected chi connectivity index (χ1v) is 10.1. The van der Waals surface area contributed by atoms with E-state index in [1.54, 1.807) is 24.3 Å². The van der Waals surface area contributed by atoms with Crippen LogP contribution in [0.3, 0.4) is 0 Å². The van der Waals surface area contributed by atoms with Crippen molar-refractivity contribution < 1.29 is 19.0 Å². The molecule has 3 heterocycles. The lowest BCUT2D eigenvalue weighted by atomic mass is 10.1. The third kappa shape index (κ3) is 3.74. The van der Waals surface area contributed by atoms with Gasteiger partial charge in [-0.1, -0.05) is 18.2 Å². The highest BCUT2D eigenvalue weighted by Gasteiger charge is 2.17. The molecule has 0 saturated carbocycles. The van der Waals surface area contributed by atoms with Gasteiger partial charge in [0.25, 0.3) is 0 Å². The average molecular weight is 402 g/mol. The van der Waals surface area contributed by atoms with Crippen LogP contribution in [-0.4, -0.2) is 50.3 Å². The summed E-state index contributed by atoms with van der Waals surface area (Å²) in [7, 11) is 0. The predicted molar refractivity (Wildman–Crippen MR) is 116 cm³/mol. The summed E-state index contributed by atoms with van der Waals surface area (Å²) in [6.07, 6.45) is 3.45. The van der Waals surface area contributed by atoms with E-state index in [9.17, 15) is 4.79 Å². The van der Waals surface area contributed by atoms with Crippen LogP contribution < -0.4 is 14.4 Å². The Kier molecular flexibility index (Phi) is 5.07. The Labute approximate surface area is 174 Å². The summed E-state index contributed by atoms with van der Waals surface area (Å²) in [6, 6.07) is 15.4. The highest BCUT2D eigenvalue weighted by atomic mass is 16.6. The van der Waals surface area contributed by atoms with Crippen molar-refractivity contribution in [1.29, 1.82) is 0 Å². The zero-order valence-corrected chi connectivity index (χ0v) is 16.5. The number of benzene rings is 2. The Morgan fingerprint density at radius 1 is 0.933 bits per heavy atom. The third-order valence-corrected chi connectivity index (χ3v) is 5.28. The zero-order chi connectivity index (χ0) is 20.3. The second-order valence-corrected chi connectivity index (χ2v) is 7.25. The van der Waals surface area contributed by atoms with Crippen LogP contribution >= 0.6 is 0 Å². The van der Waals surface area contributed by atoms with E-state index in [2.05, 4.69) is 11.0 Å². The summed E-state index contributed by atoms with van der Waals surface area (Å²) in [5, 5.41) is 1.04. The van der Waals surface area contributed by atoms with E-state index in [-0.39, 0.29) is 5.78 Å².